The topological polar surface area (TPSA) is 60.9 Å². The quantitative estimate of drug-likeness (QED) is 0.696. The Kier molecular flexibility index (Phi) is 4.15. The van der Waals surface area contributed by atoms with Gasteiger partial charge in [0.1, 0.15) is 0 Å². The van der Waals surface area contributed by atoms with Crippen LogP contribution in [0, 0.1) is 3.95 Å². The van der Waals surface area contributed by atoms with Gasteiger partial charge in [-0.15, -0.1) is 5.10 Å². The van der Waals surface area contributed by atoms with Crippen molar-refractivity contribution in [3.05, 3.63) is 34.3 Å². The van der Waals surface area contributed by atoms with Gasteiger partial charge in [0, 0.05) is 0 Å². The molecule has 0 aliphatic rings. The fourth-order valence-electron chi connectivity index (χ4n) is 1.25. The van der Waals surface area contributed by atoms with Gasteiger partial charge in [-0.25, -0.2) is 4.68 Å². The molecular formula is C11H11N3OS3. The summed E-state index contributed by atoms with van der Waals surface area (Å²) in [4.78, 5) is 11.0. The second kappa shape index (κ2) is 5.64. The third-order valence-electron chi connectivity index (χ3n) is 2.21. The molecule has 1 aromatic heterocycles. The number of primary amides is 1. The van der Waals surface area contributed by atoms with E-state index in [0.29, 0.717) is 3.95 Å². The van der Waals surface area contributed by atoms with E-state index in [-0.39, 0.29) is 11.2 Å². The maximum Gasteiger partial charge on any atom is 0.230 e. The normalized spacial score (nSPS) is 12.3. The van der Waals surface area contributed by atoms with Gasteiger partial charge in [0.15, 0.2) is 8.29 Å². The Hall–Kier alpha value is -1.18. The Morgan fingerprint density at radius 2 is 2.17 bits per heavy atom. The predicted octanol–water partition coefficient (Wildman–Crippen LogP) is 2.63. The number of para-hydroxylation sites is 1. The Morgan fingerprint density at radius 3 is 2.78 bits per heavy atom. The molecule has 94 valence electrons. The number of thioether (sulfide) groups is 1. The second-order valence-corrected chi connectivity index (χ2v) is 6.75. The number of aromatic nitrogens is 2. The molecule has 0 bridgehead atoms. The van der Waals surface area contributed by atoms with Crippen molar-refractivity contribution in [2.75, 3.05) is 0 Å². The van der Waals surface area contributed by atoms with Gasteiger partial charge in [0.25, 0.3) is 0 Å². The van der Waals surface area contributed by atoms with Crippen LogP contribution < -0.4 is 5.73 Å². The average Bonchev–Trinajstić information content (AvgIpc) is 2.71. The van der Waals surface area contributed by atoms with Gasteiger partial charge < -0.3 is 5.73 Å². The van der Waals surface area contributed by atoms with Crippen molar-refractivity contribution in [1.82, 2.24) is 9.78 Å². The first-order valence-corrected chi connectivity index (χ1v) is 7.30. The van der Waals surface area contributed by atoms with Gasteiger partial charge in [0.05, 0.1) is 10.9 Å². The molecule has 18 heavy (non-hydrogen) atoms. The largest absolute Gasteiger partial charge is 0.369 e. The number of hydrogen-bond acceptors (Lipinski definition) is 5. The monoisotopic (exact) mass is 297 g/mol. The first-order valence-electron chi connectivity index (χ1n) is 5.19. The van der Waals surface area contributed by atoms with E-state index in [2.05, 4.69) is 5.10 Å². The summed E-state index contributed by atoms with van der Waals surface area (Å²) < 4.78 is 3.09. The lowest BCUT2D eigenvalue weighted by molar-refractivity contribution is -0.117. The van der Waals surface area contributed by atoms with E-state index in [4.69, 9.17) is 18.0 Å². The van der Waals surface area contributed by atoms with Crippen molar-refractivity contribution < 1.29 is 4.79 Å². The molecule has 0 radical (unpaired) electrons. The highest BCUT2D eigenvalue weighted by Gasteiger charge is 2.14. The summed E-state index contributed by atoms with van der Waals surface area (Å²) in [5.41, 5.74) is 6.14. The summed E-state index contributed by atoms with van der Waals surface area (Å²) in [6.45, 7) is 1.75. The zero-order valence-electron chi connectivity index (χ0n) is 9.57. The van der Waals surface area contributed by atoms with Crippen LogP contribution in [0.15, 0.2) is 34.7 Å². The minimum Gasteiger partial charge on any atom is -0.369 e. The van der Waals surface area contributed by atoms with E-state index >= 15 is 0 Å². The SMILES string of the molecule is CC(Sc1nn(-c2ccccc2)c(=S)s1)C(N)=O. The van der Waals surface area contributed by atoms with Crippen LogP contribution in [0.2, 0.25) is 0 Å². The van der Waals surface area contributed by atoms with Gasteiger partial charge in [-0.1, -0.05) is 41.3 Å². The minimum absolute atomic E-state index is 0.310. The fourth-order valence-corrected chi connectivity index (χ4v) is 3.71. The third kappa shape index (κ3) is 2.98. The molecule has 1 heterocycles. The molecule has 0 saturated carbocycles. The number of amides is 1. The number of rotatable bonds is 4. The van der Waals surface area contributed by atoms with Crippen LogP contribution in [0.1, 0.15) is 6.92 Å². The van der Waals surface area contributed by atoms with Gasteiger partial charge in [0.2, 0.25) is 5.91 Å². The standard InChI is InChI=1S/C11H11N3OS3/c1-7(9(12)15)17-10-13-14(11(16)18-10)8-5-3-2-4-6-8/h2-7H,1H3,(H2,12,15). The average molecular weight is 297 g/mol. The second-order valence-electron chi connectivity index (χ2n) is 3.54. The molecule has 0 spiro atoms. The predicted molar refractivity (Wildman–Crippen MR) is 76.8 cm³/mol. The maximum absolute atomic E-state index is 11.0. The van der Waals surface area contributed by atoms with Crippen LogP contribution in [0.25, 0.3) is 5.69 Å². The van der Waals surface area contributed by atoms with Gasteiger partial charge in [-0.05, 0) is 31.3 Å². The number of nitrogens with zero attached hydrogens (tertiary/aromatic N) is 2. The van der Waals surface area contributed by atoms with Crippen molar-refractivity contribution in [2.45, 2.75) is 16.5 Å². The fraction of sp³-hybridized carbons (Fsp3) is 0.182. The van der Waals surface area contributed by atoms with Crippen LogP contribution in [0.3, 0.4) is 0 Å². The van der Waals surface area contributed by atoms with E-state index in [1.807, 2.05) is 30.3 Å². The zero-order valence-corrected chi connectivity index (χ0v) is 12.0. The number of hydrogen-bond donors (Lipinski definition) is 1. The molecule has 0 aliphatic heterocycles. The van der Waals surface area contributed by atoms with Crippen LogP contribution in [0.4, 0.5) is 0 Å². The lowest BCUT2D eigenvalue weighted by Gasteiger charge is -2.02. The molecule has 2 aromatic rings. The summed E-state index contributed by atoms with van der Waals surface area (Å²) in [5.74, 6) is -0.354. The van der Waals surface area contributed by atoms with Crippen molar-refractivity contribution >= 4 is 41.2 Å². The number of carbonyl (C=O) groups is 1. The molecular weight excluding hydrogens is 286 g/mol. The summed E-state index contributed by atoms with van der Waals surface area (Å²) in [6, 6.07) is 9.65. The van der Waals surface area contributed by atoms with Crippen LogP contribution >= 0.6 is 35.3 Å². The maximum atomic E-state index is 11.0. The van der Waals surface area contributed by atoms with Gasteiger partial charge in [-0.3, -0.25) is 4.79 Å². The van der Waals surface area contributed by atoms with Crippen LogP contribution in [0.5, 0.6) is 0 Å². The summed E-state index contributed by atoms with van der Waals surface area (Å²) in [5, 5.41) is 4.08. The molecule has 0 fully saturated rings. The summed E-state index contributed by atoms with van der Waals surface area (Å²) in [6.07, 6.45) is 0. The smallest absolute Gasteiger partial charge is 0.230 e. The Morgan fingerprint density at radius 1 is 1.50 bits per heavy atom. The molecule has 1 amide bonds. The molecule has 1 unspecified atom stereocenters. The minimum atomic E-state index is -0.354. The first kappa shape index (κ1) is 13.3. The van der Waals surface area contributed by atoms with Crippen LogP contribution in [-0.4, -0.2) is 20.9 Å². The Labute approximate surface area is 118 Å². The van der Waals surface area contributed by atoms with E-state index in [1.165, 1.54) is 23.1 Å². The molecule has 4 nitrogen and oxygen atoms in total. The highest BCUT2D eigenvalue weighted by molar-refractivity contribution is 8.02. The third-order valence-corrected chi connectivity index (χ3v) is 4.64. The number of benzene rings is 1. The van der Waals surface area contributed by atoms with E-state index in [9.17, 15) is 4.79 Å². The Balaban J connectivity index is 2.28. The summed E-state index contributed by atoms with van der Waals surface area (Å²) in [7, 11) is 0. The highest BCUT2D eigenvalue weighted by Crippen LogP contribution is 2.27. The highest BCUT2D eigenvalue weighted by atomic mass is 32.2. The Bertz CT molecular complexity index is 605. The zero-order chi connectivity index (χ0) is 13.1. The molecule has 0 saturated heterocycles. The van der Waals surface area contributed by atoms with E-state index < -0.39 is 0 Å². The molecule has 1 aromatic carbocycles. The van der Waals surface area contributed by atoms with Gasteiger partial charge >= 0.3 is 0 Å². The lowest BCUT2D eigenvalue weighted by Crippen LogP contribution is -2.22. The van der Waals surface area contributed by atoms with Gasteiger partial charge in [-0.2, -0.15) is 0 Å². The van der Waals surface area contributed by atoms with Crippen molar-refractivity contribution in [3.8, 4) is 5.69 Å². The molecule has 2 rings (SSSR count). The number of nitrogens with two attached hydrogens (primary N) is 1. The number of carbonyl (C=O) groups excluding carboxylic acids is 1. The summed E-state index contributed by atoms with van der Waals surface area (Å²) >= 11 is 7.97. The van der Waals surface area contributed by atoms with Crippen molar-refractivity contribution in [3.63, 3.8) is 0 Å². The van der Waals surface area contributed by atoms with Crippen molar-refractivity contribution in [1.29, 1.82) is 0 Å². The van der Waals surface area contributed by atoms with E-state index in [1.54, 1.807) is 11.6 Å². The molecule has 2 N–H and O–H groups in total. The lowest BCUT2D eigenvalue weighted by atomic mass is 10.3. The molecule has 7 heteroatoms. The molecule has 1 atom stereocenters. The van der Waals surface area contributed by atoms with Crippen LogP contribution in [-0.2, 0) is 4.79 Å². The van der Waals surface area contributed by atoms with E-state index in [0.717, 1.165) is 10.0 Å². The van der Waals surface area contributed by atoms with Crippen molar-refractivity contribution in [2.24, 2.45) is 5.73 Å². The first-order chi connectivity index (χ1) is 8.58. The molecule has 0 aliphatic carbocycles.